The summed E-state index contributed by atoms with van der Waals surface area (Å²) in [5.74, 6) is 1.57. The van der Waals surface area contributed by atoms with Crippen LogP contribution in [0.3, 0.4) is 0 Å². The number of ether oxygens (including phenoxy) is 2. The van der Waals surface area contributed by atoms with Gasteiger partial charge >= 0.3 is 0 Å². The molecule has 0 atom stereocenters. The predicted molar refractivity (Wildman–Crippen MR) is 56.6 cm³/mol. The highest BCUT2D eigenvalue weighted by molar-refractivity contribution is 5.40. The largest absolute Gasteiger partial charge is 0.497 e. The summed E-state index contributed by atoms with van der Waals surface area (Å²) >= 11 is 0. The third kappa shape index (κ3) is 2.50. The van der Waals surface area contributed by atoms with E-state index >= 15 is 0 Å². The molecule has 76 valence electrons. The Balaban J connectivity index is 2.87. The average molecular weight is 193 g/mol. The van der Waals surface area contributed by atoms with Crippen LogP contribution in [0.1, 0.15) is 5.56 Å². The van der Waals surface area contributed by atoms with Gasteiger partial charge in [0.05, 0.1) is 7.11 Å². The molecule has 3 nitrogen and oxygen atoms in total. The van der Waals surface area contributed by atoms with Crippen LogP contribution in [0.2, 0.25) is 0 Å². The molecule has 0 saturated carbocycles. The van der Waals surface area contributed by atoms with Gasteiger partial charge in [-0.1, -0.05) is 12.7 Å². The smallest absolute Gasteiger partial charge is 0.124 e. The molecule has 0 amide bonds. The van der Waals surface area contributed by atoms with Crippen LogP contribution in [-0.4, -0.2) is 13.7 Å². The van der Waals surface area contributed by atoms with Gasteiger partial charge in [-0.15, -0.1) is 0 Å². The van der Waals surface area contributed by atoms with E-state index in [0.29, 0.717) is 13.2 Å². The normalized spacial score (nSPS) is 9.57. The van der Waals surface area contributed by atoms with E-state index in [9.17, 15) is 0 Å². The lowest BCUT2D eigenvalue weighted by atomic mass is 10.2. The van der Waals surface area contributed by atoms with Crippen molar-refractivity contribution < 1.29 is 9.47 Å². The van der Waals surface area contributed by atoms with Crippen LogP contribution in [0.15, 0.2) is 30.9 Å². The van der Waals surface area contributed by atoms with Crippen LogP contribution in [0, 0.1) is 0 Å². The molecule has 0 aliphatic carbocycles. The zero-order valence-electron chi connectivity index (χ0n) is 8.32. The zero-order chi connectivity index (χ0) is 10.4. The second-order valence-electron chi connectivity index (χ2n) is 2.78. The van der Waals surface area contributed by atoms with E-state index in [4.69, 9.17) is 15.2 Å². The third-order valence-corrected chi connectivity index (χ3v) is 1.84. The molecule has 0 aromatic heterocycles. The third-order valence-electron chi connectivity index (χ3n) is 1.84. The minimum Gasteiger partial charge on any atom is -0.497 e. The maximum Gasteiger partial charge on any atom is 0.124 e. The quantitative estimate of drug-likeness (QED) is 0.724. The first kappa shape index (κ1) is 10.6. The standard InChI is InChI=1S/C11H15NO2/c1-3-6-14-11-5-4-10(13-2)7-9(11)8-12/h3-5,7H,1,6,8,12H2,2H3. The number of benzene rings is 1. The molecule has 3 heteroatoms. The summed E-state index contributed by atoms with van der Waals surface area (Å²) in [7, 11) is 1.62. The molecule has 1 rings (SSSR count). The van der Waals surface area contributed by atoms with Crippen LogP contribution in [-0.2, 0) is 6.54 Å². The Kier molecular flexibility index (Phi) is 4.01. The van der Waals surface area contributed by atoms with E-state index in [1.165, 1.54) is 0 Å². The first-order valence-corrected chi connectivity index (χ1v) is 4.42. The number of methoxy groups -OCH3 is 1. The molecular formula is C11H15NO2. The van der Waals surface area contributed by atoms with Crippen molar-refractivity contribution >= 4 is 0 Å². The Hall–Kier alpha value is -1.48. The van der Waals surface area contributed by atoms with Gasteiger partial charge in [-0.05, 0) is 18.2 Å². The maximum absolute atomic E-state index is 5.58. The molecule has 2 N–H and O–H groups in total. The van der Waals surface area contributed by atoms with Gasteiger partial charge in [0.25, 0.3) is 0 Å². The fraction of sp³-hybridized carbons (Fsp3) is 0.273. The van der Waals surface area contributed by atoms with Crippen molar-refractivity contribution in [3.63, 3.8) is 0 Å². The zero-order valence-corrected chi connectivity index (χ0v) is 8.32. The van der Waals surface area contributed by atoms with E-state index in [1.54, 1.807) is 13.2 Å². The number of rotatable bonds is 5. The van der Waals surface area contributed by atoms with Crippen LogP contribution in [0.5, 0.6) is 11.5 Å². The summed E-state index contributed by atoms with van der Waals surface area (Å²) in [6, 6.07) is 5.57. The fourth-order valence-corrected chi connectivity index (χ4v) is 1.13. The molecule has 0 heterocycles. The van der Waals surface area contributed by atoms with Crippen molar-refractivity contribution in [3.05, 3.63) is 36.4 Å². The first-order chi connectivity index (χ1) is 6.81. The molecule has 0 radical (unpaired) electrons. The molecule has 0 fully saturated rings. The minimum absolute atomic E-state index is 0.434. The molecule has 0 spiro atoms. The summed E-state index contributed by atoms with van der Waals surface area (Å²) < 4.78 is 10.5. The fourth-order valence-electron chi connectivity index (χ4n) is 1.13. The Bertz CT molecular complexity index is 310. The summed E-state index contributed by atoms with van der Waals surface area (Å²) in [5, 5.41) is 0. The van der Waals surface area contributed by atoms with E-state index in [1.807, 2.05) is 18.2 Å². The van der Waals surface area contributed by atoms with E-state index in [-0.39, 0.29) is 0 Å². The van der Waals surface area contributed by atoms with E-state index in [0.717, 1.165) is 17.1 Å². The molecular weight excluding hydrogens is 178 g/mol. The minimum atomic E-state index is 0.434. The predicted octanol–water partition coefficient (Wildman–Crippen LogP) is 1.72. The number of hydrogen-bond acceptors (Lipinski definition) is 3. The monoisotopic (exact) mass is 193 g/mol. The van der Waals surface area contributed by atoms with Gasteiger partial charge in [-0.2, -0.15) is 0 Å². The van der Waals surface area contributed by atoms with Gasteiger partial charge in [0.15, 0.2) is 0 Å². The van der Waals surface area contributed by atoms with E-state index < -0.39 is 0 Å². The van der Waals surface area contributed by atoms with Gasteiger partial charge in [0.2, 0.25) is 0 Å². The summed E-state index contributed by atoms with van der Waals surface area (Å²) in [5.41, 5.74) is 6.52. The molecule has 0 aliphatic rings. The van der Waals surface area contributed by atoms with Crippen molar-refractivity contribution in [2.24, 2.45) is 5.73 Å². The molecule has 0 saturated heterocycles. The van der Waals surface area contributed by atoms with Crippen molar-refractivity contribution in [2.75, 3.05) is 13.7 Å². The average Bonchev–Trinajstić information content (AvgIpc) is 2.26. The Morgan fingerprint density at radius 2 is 2.29 bits per heavy atom. The van der Waals surface area contributed by atoms with Gasteiger partial charge < -0.3 is 15.2 Å². The first-order valence-electron chi connectivity index (χ1n) is 4.42. The summed E-state index contributed by atoms with van der Waals surface area (Å²) in [6.45, 7) is 4.50. The van der Waals surface area contributed by atoms with Crippen LogP contribution < -0.4 is 15.2 Å². The lowest BCUT2D eigenvalue weighted by Gasteiger charge is -2.10. The van der Waals surface area contributed by atoms with Crippen LogP contribution in [0.4, 0.5) is 0 Å². The molecule has 1 aromatic rings. The Labute approximate surface area is 84.1 Å². The maximum atomic E-state index is 5.58. The Morgan fingerprint density at radius 1 is 1.50 bits per heavy atom. The SMILES string of the molecule is C=CCOc1ccc(OC)cc1CN. The molecule has 1 aromatic carbocycles. The highest BCUT2D eigenvalue weighted by Crippen LogP contribution is 2.23. The second-order valence-corrected chi connectivity index (χ2v) is 2.78. The second kappa shape index (κ2) is 5.29. The van der Waals surface area contributed by atoms with Gasteiger partial charge in [0, 0.05) is 12.1 Å². The summed E-state index contributed by atoms with van der Waals surface area (Å²) in [4.78, 5) is 0. The van der Waals surface area contributed by atoms with Crippen molar-refractivity contribution in [1.29, 1.82) is 0 Å². The molecule has 0 unspecified atom stereocenters. The van der Waals surface area contributed by atoms with Crippen molar-refractivity contribution in [3.8, 4) is 11.5 Å². The van der Waals surface area contributed by atoms with E-state index in [2.05, 4.69) is 6.58 Å². The van der Waals surface area contributed by atoms with Gasteiger partial charge in [-0.25, -0.2) is 0 Å². The van der Waals surface area contributed by atoms with Crippen LogP contribution in [0.25, 0.3) is 0 Å². The number of hydrogen-bond donors (Lipinski definition) is 1. The van der Waals surface area contributed by atoms with Gasteiger partial charge in [-0.3, -0.25) is 0 Å². The molecule has 0 aliphatic heterocycles. The van der Waals surface area contributed by atoms with Gasteiger partial charge in [0.1, 0.15) is 18.1 Å². The van der Waals surface area contributed by atoms with Crippen molar-refractivity contribution in [1.82, 2.24) is 0 Å². The molecule has 14 heavy (non-hydrogen) atoms. The van der Waals surface area contributed by atoms with Crippen LogP contribution >= 0.6 is 0 Å². The Morgan fingerprint density at radius 3 is 2.86 bits per heavy atom. The summed E-state index contributed by atoms with van der Waals surface area (Å²) in [6.07, 6.45) is 1.70. The highest BCUT2D eigenvalue weighted by Gasteiger charge is 2.03. The lowest BCUT2D eigenvalue weighted by molar-refractivity contribution is 0.357. The van der Waals surface area contributed by atoms with Crippen molar-refractivity contribution in [2.45, 2.75) is 6.54 Å². The molecule has 0 bridgehead atoms. The topological polar surface area (TPSA) is 44.5 Å². The number of nitrogens with two attached hydrogens (primary N) is 1. The highest BCUT2D eigenvalue weighted by atomic mass is 16.5. The lowest BCUT2D eigenvalue weighted by Crippen LogP contribution is -2.02.